The third kappa shape index (κ3) is 4.45. The van der Waals surface area contributed by atoms with Crippen LogP contribution in [0, 0.1) is 0 Å². The lowest BCUT2D eigenvalue weighted by Crippen LogP contribution is -2.01. The molecule has 0 saturated heterocycles. The lowest BCUT2D eigenvalue weighted by atomic mass is 10.2. The van der Waals surface area contributed by atoms with Crippen molar-refractivity contribution in [2.24, 2.45) is 0 Å². The van der Waals surface area contributed by atoms with Crippen molar-refractivity contribution in [1.82, 2.24) is 0 Å². The molecule has 0 heterocycles. The number of rotatable bonds is 7. The van der Waals surface area contributed by atoms with Crippen LogP contribution in [0.2, 0.25) is 5.02 Å². The second kappa shape index (κ2) is 7.58. The molecule has 0 radical (unpaired) electrons. The second-order valence-corrected chi connectivity index (χ2v) is 5.03. The summed E-state index contributed by atoms with van der Waals surface area (Å²) >= 11 is 7.67. The zero-order valence-electron chi connectivity index (χ0n) is 9.24. The summed E-state index contributed by atoms with van der Waals surface area (Å²) in [6, 6.07) is 5.08. The van der Waals surface area contributed by atoms with Gasteiger partial charge in [0, 0.05) is 5.02 Å². The minimum atomic E-state index is 0.510. The summed E-state index contributed by atoms with van der Waals surface area (Å²) in [7, 11) is 0. The molecule has 0 aliphatic carbocycles. The number of benzene rings is 1. The highest BCUT2D eigenvalue weighted by Gasteiger charge is 2.03. The highest BCUT2D eigenvalue weighted by molar-refractivity contribution is 7.99. The van der Waals surface area contributed by atoms with E-state index >= 15 is 0 Å². The Kier molecular flexibility index (Phi) is 6.34. The van der Waals surface area contributed by atoms with Crippen molar-refractivity contribution in [3.63, 3.8) is 0 Å². The molecule has 16 heavy (non-hydrogen) atoms. The summed E-state index contributed by atoms with van der Waals surface area (Å²) < 4.78 is 5.53. The van der Waals surface area contributed by atoms with Gasteiger partial charge in [-0.1, -0.05) is 18.5 Å². The second-order valence-electron chi connectivity index (χ2n) is 3.20. The van der Waals surface area contributed by atoms with Gasteiger partial charge >= 0.3 is 0 Å². The van der Waals surface area contributed by atoms with E-state index in [1.807, 2.05) is 11.8 Å². The Morgan fingerprint density at radius 1 is 1.50 bits per heavy atom. The lowest BCUT2D eigenvalue weighted by Gasteiger charge is -2.08. The Morgan fingerprint density at radius 3 is 3.00 bits per heavy atom. The molecule has 0 unspecified atom stereocenters. The zero-order chi connectivity index (χ0) is 11.8. The number of ether oxygens (including phenoxy) is 1. The molecule has 4 heteroatoms. The molecule has 0 aromatic heterocycles. The predicted molar refractivity (Wildman–Crippen MR) is 70.0 cm³/mol. The largest absolute Gasteiger partial charge is 0.493 e. The van der Waals surface area contributed by atoms with Crippen molar-refractivity contribution >= 4 is 29.6 Å². The van der Waals surface area contributed by atoms with Crippen molar-refractivity contribution in [1.29, 1.82) is 0 Å². The maximum Gasteiger partial charge on any atom is 0.153 e. The van der Waals surface area contributed by atoms with Gasteiger partial charge in [0.1, 0.15) is 5.75 Å². The first-order valence-electron chi connectivity index (χ1n) is 5.23. The average Bonchev–Trinajstić information content (AvgIpc) is 2.30. The maximum absolute atomic E-state index is 10.8. The van der Waals surface area contributed by atoms with E-state index in [1.54, 1.807) is 18.2 Å². The summed E-state index contributed by atoms with van der Waals surface area (Å²) in [6.45, 7) is 2.77. The van der Waals surface area contributed by atoms with Gasteiger partial charge in [0.2, 0.25) is 0 Å². The number of halogens is 1. The molecule has 0 bridgehead atoms. The molecule has 0 aliphatic rings. The van der Waals surface area contributed by atoms with Crippen LogP contribution in [0.5, 0.6) is 5.75 Å². The minimum absolute atomic E-state index is 0.510. The third-order valence-electron chi connectivity index (χ3n) is 1.99. The first kappa shape index (κ1) is 13.4. The van der Waals surface area contributed by atoms with Crippen LogP contribution in [0.25, 0.3) is 0 Å². The first-order valence-corrected chi connectivity index (χ1v) is 6.76. The van der Waals surface area contributed by atoms with Crippen LogP contribution in [-0.4, -0.2) is 24.4 Å². The number of carbonyl (C=O) groups excluding carboxylic acids is 1. The Balaban J connectivity index is 2.44. The molecular weight excluding hydrogens is 244 g/mol. The van der Waals surface area contributed by atoms with Gasteiger partial charge in [0.05, 0.1) is 12.2 Å². The number of hydrogen-bond acceptors (Lipinski definition) is 3. The van der Waals surface area contributed by atoms with Crippen LogP contribution >= 0.6 is 23.4 Å². The molecule has 1 aromatic carbocycles. The van der Waals surface area contributed by atoms with E-state index in [-0.39, 0.29) is 0 Å². The zero-order valence-corrected chi connectivity index (χ0v) is 10.8. The highest BCUT2D eigenvalue weighted by atomic mass is 35.5. The van der Waals surface area contributed by atoms with Crippen LogP contribution < -0.4 is 4.74 Å². The van der Waals surface area contributed by atoms with Gasteiger partial charge in [0.25, 0.3) is 0 Å². The summed E-state index contributed by atoms with van der Waals surface area (Å²) in [6.07, 6.45) is 1.75. The fraction of sp³-hybridized carbons (Fsp3) is 0.417. The average molecular weight is 259 g/mol. The van der Waals surface area contributed by atoms with Crippen molar-refractivity contribution in [3.8, 4) is 5.75 Å². The summed E-state index contributed by atoms with van der Waals surface area (Å²) in [5.41, 5.74) is 0.510. The SMILES string of the molecule is CCSCCCOc1ccc(Cl)cc1C=O. The monoisotopic (exact) mass is 258 g/mol. The van der Waals surface area contributed by atoms with Crippen molar-refractivity contribution in [3.05, 3.63) is 28.8 Å². The number of carbonyl (C=O) groups is 1. The lowest BCUT2D eigenvalue weighted by molar-refractivity contribution is 0.111. The predicted octanol–water partition coefficient (Wildman–Crippen LogP) is 3.67. The molecule has 0 fully saturated rings. The van der Waals surface area contributed by atoms with Gasteiger partial charge in [-0.05, 0) is 36.1 Å². The smallest absolute Gasteiger partial charge is 0.153 e. The first-order chi connectivity index (χ1) is 7.77. The number of thioether (sulfide) groups is 1. The van der Waals surface area contributed by atoms with Gasteiger partial charge in [0.15, 0.2) is 6.29 Å². The Bertz CT molecular complexity index is 342. The molecule has 2 nitrogen and oxygen atoms in total. The molecule has 0 aliphatic heterocycles. The molecule has 0 spiro atoms. The topological polar surface area (TPSA) is 26.3 Å². The van der Waals surface area contributed by atoms with E-state index in [9.17, 15) is 4.79 Å². The van der Waals surface area contributed by atoms with Crippen LogP contribution in [-0.2, 0) is 0 Å². The Labute approximate surface area is 105 Å². The van der Waals surface area contributed by atoms with Crippen LogP contribution in [0.1, 0.15) is 23.7 Å². The third-order valence-corrected chi connectivity index (χ3v) is 3.21. The van der Waals surface area contributed by atoms with Crippen molar-refractivity contribution in [2.45, 2.75) is 13.3 Å². The van der Waals surface area contributed by atoms with E-state index in [0.29, 0.717) is 22.9 Å². The van der Waals surface area contributed by atoms with E-state index in [2.05, 4.69) is 6.92 Å². The maximum atomic E-state index is 10.8. The quantitative estimate of drug-likeness (QED) is 0.551. The molecule has 88 valence electrons. The molecule has 0 N–H and O–H groups in total. The van der Waals surface area contributed by atoms with Gasteiger partial charge in [-0.2, -0.15) is 11.8 Å². The van der Waals surface area contributed by atoms with Crippen molar-refractivity contribution in [2.75, 3.05) is 18.1 Å². The van der Waals surface area contributed by atoms with Gasteiger partial charge in [-0.3, -0.25) is 4.79 Å². The van der Waals surface area contributed by atoms with Crippen LogP contribution in [0.3, 0.4) is 0 Å². The molecule has 0 atom stereocenters. The Morgan fingerprint density at radius 2 is 2.31 bits per heavy atom. The molecule has 0 saturated carbocycles. The summed E-state index contributed by atoms with van der Waals surface area (Å²) in [5, 5.41) is 0.552. The van der Waals surface area contributed by atoms with Crippen LogP contribution in [0.15, 0.2) is 18.2 Å². The number of aldehydes is 1. The minimum Gasteiger partial charge on any atom is -0.493 e. The fourth-order valence-corrected chi connectivity index (χ4v) is 2.02. The number of hydrogen-bond donors (Lipinski definition) is 0. The molecule has 1 rings (SSSR count). The summed E-state index contributed by atoms with van der Waals surface area (Å²) in [4.78, 5) is 10.8. The Hall–Kier alpha value is -0.670. The molecular formula is C12H15ClO2S. The fourth-order valence-electron chi connectivity index (χ4n) is 1.23. The van der Waals surface area contributed by atoms with Crippen molar-refractivity contribution < 1.29 is 9.53 Å². The highest BCUT2D eigenvalue weighted by Crippen LogP contribution is 2.21. The normalized spacial score (nSPS) is 10.1. The summed E-state index contributed by atoms with van der Waals surface area (Å²) in [5.74, 6) is 2.82. The van der Waals surface area contributed by atoms with Gasteiger partial charge in [-0.25, -0.2) is 0 Å². The van der Waals surface area contributed by atoms with Gasteiger partial charge in [-0.15, -0.1) is 0 Å². The van der Waals surface area contributed by atoms with Gasteiger partial charge < -0.3 is 4.74 Å². The van der Waals surface area contributed by atoms with Crippen LogP contribution in [0.4, 0.5) is 0 Å². The molecule has 1 aromatic rings. The van der Waals surface area contributed by atoms with E-state index in [0.717, 1.165) is 24.2 Å². The standard InChI is InChI=1S/C12H15ClO2S/c1-2-16-7-3-6-15-12-5-4-11(13)8-10(12)9-14/h4-5,8-9H,2-3,6-7H2,1H3. The van der Waals surface area contributed by atoms with E-state index in [1.165, 1.54) is 0 Å². The van der Waals surface area contributed by atoms with E-state index < -0.39 is 0 Å². The molecule has 0 amide bonds. The van der Waals surface area contributed by atoms with E-state index in [4.69, 9.17) is 16.3 Å².